The van der Waals surface area contributed by atoms with E-state index in [1.807, 2.05) is 58.0 Å². The summed E-state index contributed by atoms with van der Waals surface area (Å²) in [5.41, 5.74) is 4.12. The zero-order valence-electron chi connectivity index (χ0n) is 30.1. The number of likely N-dealkylation sites (N-methyl/N-ethyl adjacent to an activating group) is 1. The molecule has 3 aromatic heterocycles. The molecule has 14 heteroatoms. The molecule has 14 nitrogen and oxygen atoms in total. The number of nitrogens with zero attached hydrogens (tertiary/aromatic N) is 6. The minimum atomic E-state index is -0.926. The van der Waals surface area contributed by atoms with E-state index >= 15 is 0 Å². The molecular formula is C38H43N9O5. The SMILES string of the molecule is COC(=O)NC(C(=O)N(C)[C@@H](C)c1ncc(-c2ccc(-c3ncc(-c4cnc([C@@H]5CCCN5C(=O)OC(C)(C)C)[nH]4)cn3)cc2)[nH]1)c1ccccc1. The minimum absolute atomic E-state index is 0.179. The number of carbonyl (C=O) groups excluding carboxylic acids is 3. The average Bonchev–Trinajstić information content (AvgIpc) is 3.94. The van der Waals surface area contributed by atoms with Gasteiger partial charge in [-0.15, -0.1) is 0 Å². The molecule has 3 atom stereocenters. The zero-order chi connectivity index (χ0) is 37.0. The number of alkyl carbamates (subject to hydrolysis) is 1. The lowest BCUT2D eigenvalue weighted by Gasteiger charge is -2.28. The summed E-state index contributed by atoms with van der Waals surface area (Å²) in [4.78, 5) is 66.7. The van der Waals surface area contributed by atoms with Crippen molar-refractivity contribution >= 4 is 18.1 Å². The highest BCUT2D eigenvalue weighted by Crippen LogP contribution is 2.33. The van der Waals surface area contributed by atoms with Gasteiger partial charge in [-0.25, -0.2) is 29.5 Å². The Labute approximate surface area is 302 Å². The number of H-pyrrole nitrogens is 2. The maximum Gasteiger partial charge on any atom is 0.410 e. The van der Waals surface area contributed by atoms with E-state index in [0.29, 0.717) is 29.6 Å². The smallest absolute Gasteiger partial charge is 0.410 e. The van der Waals surface area contributed by atoms with E-state index in [9.17, 15) is 14.4 Å². The van der Waals surface area contributed by atoms with Crippen LogP contribution in [-0.4, -0.2) is 84.1 Å². The van der Waals surface area contributed by atoms with Gasteiger partial charge in [-0.2, -0.15) is 0 Å². The molecule has 3 N–H and O–H groups in total. The normalized spacial score (nSPS) is 15.5. The van der Waals surface area contributed by atoms with Gasteiger partial charge in [-0.1, -0.05) is 54.6 Å². The Kier molecular flexibility index (Phi) is 10.4. The second-order valence-corrected chi connectivity index (χ2v) is 13.7. The average molecular weight is 706 g/mol. The third-order valence-corrected chi connectivity index (χ3v) is 8.96. The number of hydrogen-bond acceptors (Lipinski definition) is 9. The van der Waals surface area contributed by atoms with Crippen molar-refractivity contribution in [2.24, 2.45) is 0 Å². The zero-order valence-corrected chi connectivity index (χ0v) is 30.1. The van der Waals surface area contributed by atoms with Crippen molar-refractivity contribution in [2.75, 3.05) is 20.7 Å². The number of amides is 3. The molecule has 1 fully saturated rings. The van der Waals surface area contributed by atoms with Gasteiger partial charge in [-0.05, 0) is 51.7 Å². The maximum absolute atomic E-state index is 13.6. The molecule has 52 heavy (non-hydrogen) atoms. The van der Waals surface area contributed by atoms with Crippen LogP contribution in [0.2, 0.25) is 0 Å². The third-order valence-electron chi connectivity index (χ3n) is 8.96. The molecule has 1 aliphatic rings. The van der Waals surface area contributed by atoms with Crippen molar-refractivity contribution < 1.29 is 23.9 Å². The van der Waals surface area contributed by atoms with Gasteiger partial charge in [0.2, 0.25) is 5.91 Å². The number of imidazole rings is 2. The minimum Gasteiger partial charge on any atom is -0.453 e. The van der Waals surface area contributed by atoms with Crippen LogP contribution in [0.5, 0.6) is 0 Å². The summed E-state index contributed by atoms with van der Waals surface area (Å²) >= 11 is 0. The number of hydrogen-bond donors (Lipinski definition) is 3. The first-order valence-corrected chi connectivity index (χ1v) is 17.1. The summed E-state index contributed by atoms with van der Waals surface area (Å²) < 4.78 is 10.4. The highest BCUT2D eigenvalue weighted by Gasteiger charge is 2.35. The molecule has 0 spiro atoms. The topological polar surface area (TPSA) is 171 Å². The Morgan fingerprint density at radius 2 is 1.54 bits per heavy atom. The summed E-state index contributed by atoms with van der Waals surface area (Å²) in [6, 6.07) is 15.3. The van der Waals surface area contributed by atoms with Crippen LogP contribution in [0.15, 0.2) is 79.4 Å². The number of rotatable bonds is 9. The van der Waals surface area contributed by atoms with Gasteiger partial charge in [0.05, 0.1) is 43.0 Å². The van der Waals surface area contributed by atoms with Crippen molar-refractivity contribution in [3.63, 3.8) is 0 Å². The second kappa shape index (κ2) is 15.1. The van der Waals surface area contributed by atoms with Gasteiger partial charge < -0.3 is 29.7 Å². The Morgan fingerprint density at radius 3 is 2.21 bits per heavy atom. The van der Waals surface area contributed by atoms with Crippen LogP contribution in [0, 0.1) is 0 Å². The van der Waals surface area contributed by atoms with E-state index in [-0.39, 0.29) is 18.0 Å². The summed E-state index contributed by atoms with van der Waals surface area (Å²) in [5.74, 6) is 1.55. The Balaban J connectivity index is 1.10. The number of methoxy groups -OCH3 is 1. The summed E-state index contributed by atoms with van der Waals surface area (Å²) in [5, 5.41) is 2.64. The fraction of sp³-hybridized carbons (Fsp3) is 0.342. The first-order chi connectivity index (χ1) is 24.9. The molecule has 5 aromatic rings. The van der Waals surface area contributed by atoms with E-state index in [0.717, 1.165) is 40.9 Å². The molecule has 4 heterocycles. The number of likely N-dealkylation sites (tertiary alicyclic amines) is 1. The van der Waals surface area contributed by atoms with Crippen LogP contribution in [0.1, 0.15) is 75.9 Å². The number of aromatic nitrogens is 6. The molecule has 3 amide bonds. The van der Waals surface area contributed by atoms with Crippen molar-refractivity contribution in [3.8, 4) is 33.9 Å². The summed E-state index contributed by atoms with van der Waals surface area (Å²) in [6.07, 6.45) is 7.60. The van der Waals surface area contributed by atoms with Gasteiger partial charge in [-0.3, -0.25) is 9.69 Å². The Bertz CT molecular complexity index is 2000. The molecule has 1 aliphatic heterocycles. The number of benzene rings is 2. The van der Waals surface area contributed by atoms with Gasteiger partial charge >= 0.3 is 12.2 Å². The van der Waals surface area contributed by atoms with Crippen LogP contribution in [0.25, 0.3) is 33.9 Å². The monoisotopic (exact) mass is 705 g/mol. The molecule has 6 rings (SSSR count). The quantitative estimate of drug-likeness (QED) is 0.153. The largest absolute Gasteiger partial charge is 0.453 e. The number of nitrogens with one attached hydrogen (secondary N) is 3. The van der Waals surface area contributed by atoms with E-state index in [1.165, 1.54) is 12.0 Å². The first-order valence-electron chi connectivity index (χ1n) is 17.1. The van der Waals surface area contributed by atoms with Gasteiger partial charge in [0.25, 0.3) is 0 Å². The predicted molar refractivity (Wildman–Crippen MR) is 193 cm³/mol. The molecule has 2 aromatic carbocycles. The number of ether oxygens (including phenoxy) is 2. The number of aromatic amines is 2. The predicted octanol–water partition coefficient (Wildman–Crippen LogP) is 6.61. The lowest BCUT2D eigenvalue weighted by Crippen LogP contribution is -2.42. The fourth-order valence-corrected chi connectivity index (χ4v) is 6.04. The molecule has 1 saturated heterocycles. The highest BCUT2D eigenvalue weighted by molar-refractivity contribution is 5.87. The van der Waals surface area contributed by atoms with Crippen LogP contribution in [0.4, 0.5) is 9.59 Å². The van der Waals surface area contributed by atoms with Crippen molar-refractivity contribution in [2.45, 2.75) is 64.3 Å². The highest BCUT2D eigenvalue weighted by atomic mass is 16.6. The Morgan fingerprint density at radius 1 is 0.885 bits per heavy atom. The summed E-state index contributed by atoms with van der Waals surface area (Å²) in [7, 11) is 2.93. The van der Waals surface area contributed by atoms with Crippen LogP contribution >= 0.6 is 0 Å². The van der Waals surface area contributed by atoms with E-state index in [1.54, 1.807) is 61.0 Å². The summed E-state index contributed by atoms with van der Waals surface area (Å²) in [6.45, 7) is 8.07. The fourth-order valence-electron chi connectivity index (χ4n) is 6.04. The van der Waals surface area contributed by atoms with Crippen LogP contribution in [0.3, 0.4) is 0 Å². The second-order valence-electron chi connectivity index (χ2n) is 13.7. The standard InChI is InChI=1S/C38H43N9O5/c1-23(46(5)35(48)31(45-36(49)51-6)25-11-8-7-9-12-25)32-41-21-28(43-32)24-14-16-26(17-15-24)33-39-19-27(20-40-33)29-22-42-34(44-29)30-13-10-18-47(30)37(50)52-38(2,3)4/h7-9,11-12,14-17,19-23,30-31H,10,13,18H2,1-6H3,(H,41,43)(H,42,44)(H,45,49)/t23-,30-,31?/m0/s1. The van der Waals surface area contributed by atoms with Crippen molar-refractivity contribution in [1.82, 2.24) is 45.0 Å². The molecule has 0 bridgehead atoms. The lowest BCUT2D eigenvalue weighted by atomic mass is 10.1. The van der Waals surface area contributed by atoms with Crippen molar-refractivity contribution in [3.05, 3.63) is 96.6 Å². The lowest BCUT2D eigenvalue weighted by molar-refractivity contribution is -0.134. The molecule has 0 radical (unpaired) electrons. The van der Waals surface area contributed by atoms with E-state index in [2.05, 4.69) is 35.2 Å². The van der Waals surface area contributed by atoms with E-state index < -0.39 is 23.8 Å². The van der Waals surface area contributed by atoms with Crippen LogP contribution in [-0.2, 0) is 14.3 Å². The third kappa shape index (κ3) is 7.96. The van der Waals surface area contributed by atoms with Gasteiger partial charge in [0, 0.05) is 37.1 Å². The molecule has 0 saturated carbocycles. The van der Waals surface area contributed by atoms with Gasteiger partial charge in [0.1, 0.15) is 23.3 Å². The molecule has 0 aliphatic carbocycles. The van der Waals surface area contributed by atoms with E-state index in [4.69, 9.17) is 9.47 Å². The van der Waals surface area contributed by atoms with Crippen molar-refractivity contribution in [1.29, 1.82) is 0 Å². The van der Waals surface area contributed by atoms with Gasteiger partial charge in [0.15, 0.2) is 5.82 Å². The molecule has 1 unspecified atom stereocenters. The first kappa shape index (κ1) is 35.8. The maximum atomic E-state index is 13.6. The molecule has 270 valence electrons. The van der Waals surface area contributed by atoms with Crippen LogP contribution < -0.4 is 5.32 Å². The Hall–Kier alpha value is -6.05. The molecular weight excluding hydrogens is 662 g/mol. The number of carbonyl (C=O) groups is 3.